The molecular formula is C11H13NO4. The molecule has 0 bridgehead atoms. The Balaban J connectivity index is 0.000000288. The minimum Gasteiger partial charge on any atom is -0.545 e. The standard InChI is InChI=1S/C6H8N.C5H6O4/c1-7-5-3-2-4-6-7;1-3(5(8)9)2-4(6)7/h2-6H,1H3;2H,1H3,(H,6,7)(H,8,9)/q+1;/p-1/b;3-2-. The molecule has 0 saturated heterocycles. The van der Waals surface area contributed by atoms with Gasteiger partial charge in [-0.15, -0.1) is 0 Å². The Morgan fingerprint density at radius 1 is 1.25 bits per heavy atom. The van der Waals surface area contributed by atoms with Gasteiger partial charge < -0.3 is 15.0 Å². The van der Waals surface area contributed by atoms with Crippen LogP contribution in [0.2, 0.25) is 0 Å². The zero-order chi connectivity index (χ0) is 12.6. The number of carboxylic acid groups (broad SMARTS) is 2. The molecule has 0 saturated carbocycles. The molecular weight excluding hydrogens is 210 g/mol. The topological polar surface area (TPSA) is 81.3 Å². The lowest BCUT2D eigenvalue weighted by atomic mass is 10.3. The third-order valence-corrected chi connectivity index (χ3v) is 1.53. The van der Waals surface area contributed by atoms with Crippen molar-refractivity contribution in [3.63, 3.8) is 0 Å². The van der Waals surface area contributed by atoms with Crippen LogP contribution >= 0.6 is 0 Å². The molecule has 1 aromatic rings. The van der Waals surface area contributed by atoms with Gasteiger partial charge in [-0.05, 0) is 12.5 Å². The van der Waals surface area contributed by atoms with Gasteiger partial charge >= 0.3 is 5.97 Å². The van der Waals surface area contributed by atoms with Crippen LogP contribution in [0.5, 0.6) is 0 Å². The number of nitrogens with zero attached hydrogens (tertiary/aromatic N) is 1. The fraction of sp³-hybridized carbons (Fsp3) is 0.182. The quantitative estimate of drug-likeness (QED) is 0.530. The summed E-state index contributed by atoms with van der Waals surface area (Å²) in [5.41, 5.74) is -0.289. The summed E-state index contributed by atoms with van der Waals surface area (Å²) in [4.78, 5) is 19.5. The zero-order valence-corrected chi connectivity index (χ0v) is 9.08. The van der Waals surface area contributed by atoms with Gasteiger partial charge in [0.15, 0.2) is 12.4 Å². The molecule has 5 heteroatoms. The molecule has 16 heavy (non-hydrogen) atoms. The number of carbonyl (C=O) groups excluding carboxylic acids is 1. The van der Waals surface area contributed by atoms with E-state index < -0.39 is 11.9 Å². The van der Waals surface area contributed by atoms with Gasteiger partial charge in [0.2, 0.25) is 0 Å². The Labute approximate surface area is 93.3 Å². The van der Waals surface area contributed by atoms with E-state index in [0.717, 1.165) is 6.92 Å². The first-order chi connectivity index (χ1) is 7.43. The predicted octanol–water partition coefficient (Wildman–Crippen LogP) is -0.722. The minimum absolute atomic E-state index is 0.289. The molecule has 0 atom stereocenters. The van der Waals surface area contributed by atoms with Crippen molar-refractivity contribution in [1.82, 2.24) is 0 Å². The van der Waals surface area contributed by atoms with Crippen molar-refractivity contribution in [2.24, 2.45) is 7.05 Å². The van der Waals surface area contributed by atoms with Crippen LogP contribution in [0.4, 0.5) is 0 Å². The number of hydrogen-bond donors (Lipinski definition) is 1. The van der Waals surface area contributed by atoms with E-state index >= 15 is 0 Å². The first-order valence-corrected chi connectivity index (χ1v) is 4.46. The van der Waals surface area contributed by atoms with Crippen LogP contribution in [0.15, 0.2) is 42.2 Å². The number of carbonyl (C=O) groups is 2. The van der Waals surface area contributed by atoms with Gasteiger partial charge in [0.1, 0.15) is 7.05 Å². The lowest BCUT2D eigenvalue weighted by Gasteiger charge is -1.96. The maximum atomic E-state index is 9.79. The largest absolute Gasteiger partial charge is 0.545 e. The second kappa shape index (κ2) is 7.17. The molecule has 1 rings (SSSR count). The molecule has 86 valence electrons. The molecule has 1 aromatic heterocycles. The summed E-state index contributed by atoms with van der Waals surface area (Å²) >= 11 is 0. The first kappa shape index (κ1) is 13.8. The number of hydrogen-bond acceptors (Lipinski definition) is 3. The monoisotopic (exact) mass is 223 g/mol. The van der Waals surface area contributed by atoms with Crippen molar-refractivity contribution >= 4 is 11.9 Å². The zero-order valence-electron chi connectivity index (χ0n) is 9.08. The Morgan fingerprint density at radius 3 is 1.94 bits per heavy atom. The molecule has 0 aliphatic heterocycles. The minimum atomic E-state index is -1.46. The lowest BCUT2D eigenvalue weighted by molar-refractivity contribution is -0.671. The van der Waals surface area contributed by atoms with Gasteiger partial charge in [0, 0.05) is 18.2 Å². The van der Waals surface area contributed by atoms with E-state index in [-0.39, 0.29) is 5.57 Å². The number of aromatic nitrogens is 1. The normalized spacial score (nSPS) is 10.0. The summed E-state index contributed by atoms with van der Waals surface area (Å²) in [6.45, 7) is 1.16. The van der Waals surface area contributed by atoms with Crippen molar-refractivity contribution < 1.29 is 24.4 Å². The molecule has 0 spiro atoms. The van der Waals surface area contributed by atoms with Crippen LogP contribution < -0.4 is 9.67 Å². The molecule has 1 heterocycles. The fourth-order valence-corrected chi connectivity index (χ4v) is 0.729. The SMILES string of the molecule is C/C(=C/C(=O)O)C(=O)[O-].C[n+]1ccccc1. The van der Waals surface area contributed by atoms with Crippen molar-refractivity contribution in [1.29, 1.82) is 0 Å². The fourth-order valence-electron chi connectivity index (χ4n) is 0.729. The highest BCUT2D eigenvalue weighted by atomic mass is 16.4. The van der Waals surface area contributed by atoms with Crippen molar-refractivity contribution in [3.05, 3.63) is 42.2 Å². The van der Waals surface area contributed by atoms with Crippen LogP contribution in [0.3, 0.4) is 0 Å². The molecule has 0 fully saturated rings. The highest BCUT2D eigenvalue weighted by Crippen LogP contribution is 1.87. The average Bonchev–Trinajstić information content (AvgIpc) is 2.18. The van der Waals surface area contributed by atoms with E-state index in [0.29, 0.717) is 6.08 Å². The van der Waals surface area contributed by atoms with E-state index in [4.69, 9.17) is 5.11 Å². The van der Waals surface area contributed by atoms with Gasteiger partial charge in [0.25, 0.3) is 0 Å². The summed E-state index contributed by atoms with van der Waals surface area (Å²) in [6.07, 6.45) is 4.58. The first-order valence-electron chi connectivity index (χ1n) is 4.46. The second-order valence-corrected chi connectivity index (χ2v) is 2.99. The second-order valence-electron chi connectivity index (χ2n) is 2.99. The maximum Gasteiger partial charge on any atom is 0.328 e. The Hall–Kier alpha value is -2.17. The van der Waals surface area contributed by atoms with Gasteiger partial charge in [-0.3, -0.25) is 0 Å². The predicted molar refractivity (Wildman–Crippen MR) is 54.0 cm³/mol. The van der Waals surface area contributed by atoms with Crippen molar-refractivity contribution in [2.75, 3.05) is 0 Å². The summed E-state index contributed by atoms with van der Waals surface area (Å²) in [5, 5.41) is 17.8. The number of carboxylic acids is 2. The van der Waals surface area contributed by atoms with E-state index in [1.54, 1.807) is 0 Å². The van der Waals surface area contributed by atoms with Crippen LogP contribution in [-0.2, 0) is 16.6 Å². The summed E-state index contributed by atoms with van der Waals surface area (Å²) in [7, 11) is 2.00. The molecule has 0 aliphatic carbocycles. The highest BCUT2D eigenvalue weighted by molar-refractivity contribution is 5.92. The van der Waals surface area contributed by atoms with Gasteiger partial charge in [-0.25, -0.2) is 9.36 Å². The lowest BCUT2D eigenvalue weighted by Crippen LogP contribution is -2.25. The molecule has 1 N–H and O–H groups in total. The van der Waals surface area contributed by atoms with Crippen molar-refractivity contribution in [2.45, 2.75) is 6.92 Å². The Kier molecular flexibility index (Phi) is 6.19. The molecule has 0 radical (unpaired) electrons. The van der Waals surface area contributed by atoms with Crippen LogP contribution in [0, 0.1) is 0 Å². The summed E-state index contributed by atoms with van der Waals surface area (Å²) in [5.74, 6) is -2.74. The molecule has 5 nitrogen and oxygen atoms in total. The summed E-state index contributed by atoms with van der Waals surface area (Å²) < 4.78 is 2.00. The molecule has 0 aromatic carbocycles. The van der Waals surface area contributed by atoms with Crippen molar-refractivity contribution in [3.8, 4) is 0 Å². The highest BCUT2D eigenvalue weighted by Gasteiger charge is 1.92. The Morgan fingerprint density at radius 2 is 1.75 bits per heavy atom. The number of aliphatic carboxylic acids is 2. The third-order valence-electron chi connectivity index (χ3n) is 1.53. The van der Waals surface area contributed by atoms with Crippen LogP contribution in [0.1, 0.15) is 6.92 Å². The third kappa shape index (κ3) is 7.25. The van der Waals surface area contributed by atoms with E-state index in [2.05, 4.69) is 0 Å². The molecule has 0 unspecified atom stereocenters. The molecule has 0 amide bonds. The molecule has 0 aliphatic rings. The smallest absolute Gasteiger partial charge is 0.328 e. The van der Waals surface area contributed by atoms with E-state index in [1.165, 1.54) is 0 Å². The maximum absolute atomic E-state index is 9.79. The number of pyridine rings is 1. The summed E-state index contributed by atoms with van der Waals surface area (Å²) in [6, 6.07) is 6.00. The van der Waals surface area contributed by atoms with Crippen LogP contribution in [0.25, 0.3) is 0 Å². The van der Waals surface area contributed by atoms with Gasteiger partial charge in [-0.1, -0.05) is 6.07 Å². The van der Waals surface area contributed by atoms with Gasteiger partial charge in [-0.2, -0.15) is 0 Å². The number of rotatable bonds is 2. The number of aryl methyl sites for hydroxylation is 1. The van der Waals surface area contributed by atoms with E-state index in [1.807, 2.05) is 42.2 Å². The van der Waals surface area contributed by atoms with Crippen LogP contribution in [-0.4, -0.2) is 17.0 Å². The van der Waals surface area contributed by atoms with Gasteiger partial charge in [0.05, 0.1) is 5.97 Å². The Bertz CT molecular complexity index is 384. The van der Waals surface area contributed by atoms with E-state index in [9.17, 15) is 14.7 Å². The average molecular weight is 223 g/mol.